The van der Waals surface area contributed by atoms with E-state index in [1.54, 1.807) is 4.90 Å². The highest BCUT2D eigenvalue weighted by molar-refractivity contribution is 5.78. The molecule has 0 saturated carbocycles. The molecule has 1 heterocycles. The van der Waals surface area contributed by atoms with Gasteiger partial charge in [0, 0.05) is 25.9 Å². The molecule has 0 bridgehead atoms. The number of aromatic nitrogens is 3. The Morgan fingerprint density at radius 2 is 1.96 bits per heavy atom. The summed E-state index contributed by atoms with van der Waals surface area (Å²) in [4.78, 5) is 35.7. The van der Waals surface area contributed by atoms with Crippen LogP contribution >= 0.6 is 0 Å². The van der Waals surface area contributed by atoms with Crippen molar-refractivity contribution in [2.24, 2.45) is 0 Å². The average molecular weight is 325 g/mol. The van der Waals surface area contributed by atoms with Crippen molar-refractivity contribution in [3.63, 3.8) is 0 Å². The summed E-state index contributed by atoms with van der Waals surface area (Å²) in [6.45, 7) is 5.11. The normalized spacial score (nSPS) is 10.3. The van der Waals surface area contributed by atoms with Crippen LogP contribution in [0.5, 0.6) is 0 Å². The molecular weight excluding hydrogens is 302 g/mol. The third-order valence-corrected chi connectivity index (χ3v) is 3.26. The predicted molar refractivity (Wildman–Crippen MR) is 81.3 cm³/mol. The van der Waals surface area contributed by atoms with E-state index in [1.807, 2.05) is 13.8 Å². The monoisotopic (exact) mass is 325 g/mol. The summed E-state index contributed by atoms with van der Waals surface area (Å²) >= 11 is 0. The summed E-state index contributed by atoms with van der Waals surface area (Å²) in [6.07, 6.45) is 2.57. The van der Waals surface area contributed by atoms with Gasteiger partial charge in [0.15, 0.2) is 0 Å². The molecular formula is C14H23N5O4. The van der Waals surface area contributed by atoms with E-state index in [2.05, 4.69) is 15.6 Å². The largest absolute Gasteiger partial charge is 0.480 e. The van der Waals surface area contributed by atoms with Crippen LogP contribution < -0.4 is 5.32 Å². The fourth-order valence-electron chi connectivity index (χ4n) is 2.05. The molecule has 0 saturated heterocycles. The van der Waals surface area contributed by atoms with Gasteiger partial charge in [-0.05, 0) is 20.3 Å². The molecule has 0 unspecified atom stereocenters. The van der Waals surface area contributed by atoms with Crippen LogP contribution in [-0.2, 0) is 27.5 Å². The first-order valence-corrected chi connectivity index (χ1v) is 7.61. The van der Waals surface area contributed by atoms with Gasteiger partial charge in [0.1, 0.15) is 12.2 Å². The molecule has 0 fully saturated rings. The lowest BCUT2D eigenvalue weighted by Gasteiger charge is -2.18. The van der Waals surface area contributed by atoms with Gasteiger partial charge in [0.2, 0.25) is 11.8 Å². The van der Waals surface area contributed by atoms with E-state index in [9.17, 15) is 14.4 Å². The molecule has 1 aromatic rings. The van der Waals surface area contributed by atoms with Crippen molar-refractivity contribution in [1.29, 1.82) is 0 Å². The molecule has 0 aliphatic heterocycles. The molecule has 0 radical (unpaired) electrons. The zero-order chi connectivity index (χ0) is 17.2. The molecule has 9 heteroatoms. The zero-order valence-corrected chi connectivity index (χ0v) is 13.5. The van der Waals surface area contributed by atoms with E-state index in [1.165, 1.54) is 10.9 Å². The number of carbonyl (C=O) groups excluding carboxylic acids is 2. The summed E-state index contributed by atoms with van der Waals surface area (Å²) in [6, 6.07) is 0. The Bertz CT molecular complexity index is 539. The first-order valence-electron chi connectivity index (χ1n) is 7.61. The van der Waals surface area contributed by atoms with Gasteiger partial charge in [-0.15, -0.1) is 5.10 Å². The quantitative estimate of drug-likeness (QED) is 0.626. The van der Waals surface area contributed by atoms with Crippen LogP contribution in [0.2, 0.25) is 0 Å². The Labute approximate surface area is 134 Å². The van der Waals surface area contributed by atoms with Crippen LogP contribution in [0.1, 0.15) is 38.8 Å². The van der Waals surface area contributed by atoms with Crippen LogP contribution in [0.4, 0.5) is 0 Å². The number of hydrogen-bond acceptors (Lipinski definition) is 5. The van der Waals surface area contributed by atoms with E-state index >= 15 is 0 Å². The second-order valence-electron chi connectivity index (χ2n) is 5.00. The minimum absolute atomic E-state index is 0.0550. The molecule has 9 nitrogen and oxygen atoms in total. The van der Waals surface area contributed by atoms with Crippen molar-refractivity contribution in [2.45, 2.75) is 46.2 Å². The molecule has 1 aromatic heterocycles. The van der Waals surface area contributed by atoms with Crippen molar-refractivity contribution in [1.82, 2.24) is 25.2 Å². The van der Waals surface area contributed by atoms with Crippen molar-refractivity contribution >= 4 is 17.8 Å². The molecule has 0 atom stereocenters. The molecule has 0 aliphatic rings. The summed E-state index contributed by atoms with van der Waals surface area (Å²) in [5.41, 5.74) is 0.485. The Morgan fingerprint density at radius 3 is 2.57 bits per heavy atom. The number of hydrogen-bond donors (Lipinski definition) is 2. The summed E-state index contributed by atoms with van der Waals surface area (Å²) < 4.78 is 1.19. The van der Waals surface area contributed by atoms with Gasteiger partial charge in [0.25, 0.3) is 0 Å². The number of nitrogens with one attached hydrogen (secondary N) is 1. The van der Waals surface area contributed by atoms with Crippen LogP contribution in [-0.4, -0.2) is 55.9 Å². The lowest BCUT2D eigenvalue weighted by molar-refractivity contribution is -0.138. The highest BCUT2D eigenvalue weighted by atomic mass is 16.4. The number of carbonyl (C=O) groups is 3. The van der Waals surface area contributed by atoms with E-state index in [0.717, 1.165) is 0 Å². The number of rotatable bonds is 10. The minimum atomic E-state index is -1.01. The zero-order valence-electron chi connectivity index (χ0n) is 13.5. The third-order valence-electron chi connectivity index (χ3n) is 3.26. The van der Waals surface area contributed by atoms with E-state index in [-0.39, 0.29) is 31.3 Å². The number of amides is 2. The smallest absolute Gasteiger partial charge is 0.325 e. The first kappa shape index (κ1) is 18.6. The molecule has 2 N–H and O–H groups in total. The molecule has 0 spiro atoms. The Morgan fingerprint density at radius 1 is 1.26 bits per heavy atom. The van der Waals surface area contributed by atoms with Crippen LogP contribution in [0.3, 0.4) is 0 Å². The van der Waals surface area contributed by atoms with Crippen LogP contribution in [0, 0.1) is 0 Å². The van der Waals surface area contributed by atoms with Crippen molar-refractivity contribution in [3.05, 3.63) is 11.9 Å². The van der Waals surface area contributed by atoms with E-state index < -0.39 is 5.97 Å². The number of nitrogens with zero attached hydrogens (tertiary/aromatic N) is 4. The fraction of sp³-hybridized carbons (Fsp3) is 0.643. The Kier molecular flexibility index (Phi) is 7.72. The van der Waals surface area contributed by atoms with Crippen LogP contribution in [0.25, 0.3) is 0 Å². The van der Waals surface area contributed by atoms with Crippen molar-refractivity contribution < 1.29 is 19.5 Å². The van der Waals surface area contributed by atoms with E-state index in [4.69, 9.17) is 5.11 Å². The average Bonchev–Trinajstić information content (AvgIpc) is 2.93. The van der Waals surface area contributed by atoms with E-state index in [0.29, 0.717) is 31.6 Å². The van der Waals surface area contributed by atoms with Crippen LogP contribution in [0.15, 0.2) is 6.20 Å². The highest BCUT2D eigenvalue weighted by Gasteiger charge is 2.11. The number of aliphatic carboxylic acids is 1. The Balaban J connectivity index is 2.25. The maximum atomic E-state index is 11.8. The van der Waals surface area contributed by atoms with Gasteiger partial charge in [-0.25, -0.2) is 4.68 Å². The van der Waals surface area contributed by atoms with Gasteiger partial charge >= 0.3 is 5.97 Å². The minimum Gasteiger partial charge on any atom is -0.480 e. The number of carboxylic acid groups (broad SMARTS) is 1. The SMILES string of the molecule is CCN(CC)C(=O)CCCC(=O)NCc1cn(CC(=O)O)nn1. The third kappa shape index (κ3) is 6.90. The Hall–Kier alpha value is -2.45. The topological polar surface area (TPSA) is 117 Å². The summed E-state index contributed by atoms with van der Waals surface area (Å²) in [5.74, 6) is -1.13. The maximum absolute atomic E-state index is 11.8. The molecule has 23 heavy (non-hydrogen) atoms. The second-order valence-corrected chi connectivity index (χ2v) is 5.00. The summed E-state index contributed by atoms with van der Waals surface area (Å²) in [5, 5.41) is 18.7. The summed E-state index contributed by atoms with van der Waals surface area (Å²) in [7, 11) is 0. The predicted octanol–water partition coefficient (Wildman–Crippen LogP) is 0.0176. The van der Waals surface area contributed by atoms with Gasteiger partial charge in [-0.3, -0.25) is 14.4 Å². The number of carboxylic acids is 1. The molecule has 2 amide bonds. The second kappa shape index (κ2) is 9.54. The lowest BCUT2D eigenvalue weighted by Crippen LogP contribution is -2.30. The van der Waals surface area contributed by atoms with Gasteiger partial charge in [-0.1, -0.05) is 5.21 Å². The van der Waals surface area contributed by atoms with Gasteiger partial charge in [-0.2, -0.15) is 0 Å². The lowest BCUT2D eigenvalue weighted by atomic mass is 10.2. The molecule has 128 valence electrons. The van der Waals surface area contributed by atoms with Gasteiger partial charge in [0.05, 0.1) is 12.7 Å². The molecule has 1 rings (SSSR count). The standard InChI is InChI=1S/C14H23N5O4/c1-3-18(4-2)13(21)7-5-6-12(20)15-8-11-9-19(17-16-11)10-14(22)23/h9H,3-8,10H2,1-2H3,(H,15,20)(H,22,23). The fourth-order valence-corrected chi connectivity index (χ4v) is 2.05. The van der Waals surface area contributed by atoms with Gasteiger partial charge < -0.3 is 15.3 Å². The van der Waals surface area contributed by atoms with Crippen molar-refractivity contribution in [2.75, 3.05) is 13.1 Å². The highest BCUT2D eigenvalue weighted by Crippen LogP contribution is 2.01. The first-order chi connectivity index (χ1) is 11.0. The molecule has 0 aliphatic carbocycles. The maximum Gasteiger partial charge on any atom is 0.325 e. The molecule has 0 aromatic carbocycles. The van der Waals surface area contributed by atoms with Crippen molar-refractivity contribution in [3.8, 4) is 0 Å².